The van der Waals surface area contributed by atoms with Gasteiger partial charge in [-0.3, -0.25) is 0 Å². The largest absolute Gasteiger partial charge is 0.478 e. The first-order valence-electron chi connectivity index (χ1n) is 5.37. The van der Waals surface area contributed by atoms with E-state index in [1.54, 1.807) is 18.2 Å². The summed E-state index contributed by atoms with van der Waals surface area (Å²) in [6.07, 6.45) is 0. The lowest BCUT2D eigenvalue weighted by molar-refractivity contribution is 0.0696. The van der Waals surface area contributed by atoms with Gasteiger partial charge >= 0.3 is 11.9 Å². The fourth-order valence-electron chi connectivity index (χ4n) is 1.45. The summed E-state index contributed by atoms with van der Waals surface area (Å²) in [6, 6.07) is 11.9. The Hall–Kier alpha value is -2.33. The molecule has 0 saturated carbocycles. The molecule has 0 atom stereocenters. The second-order valence-corrected chi connectivity index (χ2v) is 4.17. The number of carbonyl (C=O) groups is 2. The van der Waals surface area contributed by atoms with Gasteiger partial charge in [-0.05, 0) is 42.5 Å². The number of rotatable bonds is 3. The first-order chi connectivity index (χ1) is 9.06. The van der Waals surface area contributed by atoms with Gasteiger partial charge in [0.1, 0.15) is 5.75 Å². The van der Waals surface area contributed by atoms with Crippen LogP contribution in [0.25, 0.3) is 0 Å². The molecule has 0 fully saturated rings. The molecule has 0 unspecified atom stereocenters. The third-order valence-corrected chi connectivity index (χ3v) is 2.61. The van der Waals surface area contributed by atoms with E-state index in [-0.39, 0.29) is 11.3 Å². The molecular formula is C14H9ClO4. The predicted molar refractivity (Wildman–Crippen MR) is 69.8 cm³/mol. The van der Waals surface area contributed by atoms with E-state index in [1.165, 1.54) is 30.3 Å². The molecule has 0 spiro atoms. The average Bonchev–Trinajstić information content (AvgIpc) is 2.39. The molecule has 0 aliphatic carbocycles. The molecule has 1 N–H and O–H groups in total. The van der Waals surface area contributed by atoms with Crippen LogP contribution in [0.2, 0.25) is 5.02 Å². The second-order valence-electron chi connectivity index (χ2n) is 3.73. The van der Waals surface area contributed by atoms with E-state index in [0.717, 1.165) is 0 Å². The Labute approximate surface area is 114 Å². The number of carboxylic acids is 1. The molecule has 19 heavy (non-hydrogen) atoms. The van der Waals surface area contributed by atoms with Gasteiger partial charge in [0.25, 0.3) is 0 Å². The Morgan fingerprint density at radius 3 is 2.26 bits per heavy atom. The summed E-state index contributed by atoms with van der Waals surface area (Å²) in [5, 5.41) is 9.18. The van der Waals surface area contributed by atoms with Crippen molar-refractivity contribution < 1.29 is 19.4 Å². The predicted octanol–water partition coefficient (Wildman–Crippen LogP) is 3.26. The van der Waals surface area contributed by atoms with Crippen LogP contribution in [0.15, 0.2) is 48.5 Å². The van der Waals surface area contributed by atoms with Crippen LogP contribution in [-0.2, 0) is 0 Å². The maximum atomic E-state index is 11.8. The van der Waals surface area contributed by atoms with Crippen molar-refractivity contribution in [1.82, 2.24) is 0 Å². The second kappa shape index (κ2) is 5.54. The Kier molecular flexibility index (Phi) is 3.82. The van der Waals surface area contributed by atoms with E-state index in [4.69, 9.17) is 21.4 Å². The third kappa shape index (κ3) is 3.33. The molecule has 5 heteroatoms. The summed E-state index contributed by atoms with van der Waals surface area (Å²) in [5.41, 5.74) is 0.456. The summed E-state index contributed by atoms with van der Waals surface area (Å²) >= 11 is 5.77. The van der Waals surface area contributed by atoms with E-state index in [2.05, 4.69) is 0 Å². The normalized spacial score (nSPS) is 9.95. The van der Waals surface area contributed by atoms with Crippen molar-refractivity contribution in [2.75, 3.05) is 0 Å². The molecule has 0 amide bonds. The highest BCUT2D eigenvalue weighted by Gasteiger charge is 2.09. The standard InChI is InChI=1S/C14H9ClO4/c15-11-3-1-2-10(8-11)14(18)19-12-6-4-9(5-7-12)13(16)17/h1-8H,(H,16,17). The first-order valence-corrected chi connectivity index (χ1v) is 5.75. The SMILES string of the molecule is O=C(O)c1ccc(OC(=O)c2cccc(Cl)c2)cc1. The smallest absolute Gasteiger partial charge is 0.343 e. The number of benzene rings is 2. The van der Waals surface area contributed by atoms with Gasteiger partial charge in [-0.2, -0.15) is 0 Å². The number of carbonyl (C=O) groups excluding carboxylic acids is 1. The van der Waals surface area contributed by atoms with Gasteiger partial charge < -0.3 is 9.84 Å². The Bertz CT molecular complexity index is 620. The molecule has 0 saturated heterocycles. The zero-order valence-electron chi connectivity index (χ0n) is 9.67. The van der Waals surface area contributed by atoms with Crippen LogP contribution >= 0.6 is 11.6 Å². The minimum absolute atomic E-state index is 0.127. The van der Waals surface area contributed by atoms with E-state index < -0.39 is 11.9 Å². The highest BCUT2D eigenvalue weighted by molar-refractivity contribution is 6.30. The van der Waals surface area contributed by atoms with Crippen molar-refractivity contribution in [3.05, 3.63) is 64.7 Å². The minimum atomic E-state index is -1.03. The summed E-state index contributed by atoms with van der Waals surface area (Å²) < 4.78 is 5.10. The molecule has 0 heterocycles. The van der Waals surface area contributed by atoms with Crippen molar-refractivity contribution in [2.24, 2.45) is 0 Å². The van der Waals surface area contributed by atoms with E-state index in [0.29, 0.717) is 10.6 Å². The maximum Gasteiger partial charge on any atom is 0.343 e. The monoisotopic (exact) mass is 276 g/mol. The number of aromatic carboxylic acids is 1. The quantitative estimate of drug-likeness (QED) is 0.690. The Morgan fingerprint density at radius 1 is 1.00 bits per heavy atom. The molecule has 0 radical (unpaired) electrons. The first kappa shape index (κ1) is 13.1. The van der Waals surface area contributed by atoms with Gasteiger partial charge in [0.2, 0.25) is 0 Å². The van der Waals surface area contributed by atoms with E-state index >= 15 is 0 Å². The molecule has 2 aromatic rings. The van der Waals surface area contributed by atoms with Gasteiger partial charge in [-0.25, -0.2) is 9.59 Å². The van der Waals surface area contributed by atoms with Crippen molar-refractivity contribution in [3.8, 4) is 5.75 Å². The van der Waals surface area contributed by atoms with Crippen molar-refractivity contribution >= 4 is 23.5 Å². The summed E-state index contributed by atoms with van der Waals surface area (Å²) in [7, 11) is 0. The average molecular weight is 277 g/mol. The molecule has 96 valence electrons. The van der Waals surface area contributed by atoms with Crippen LogP contribution in [0, 0.1) is 0 Å². The van der Waals surface area contributed by atoms with Crippen molar-refractivity contribution in [2.45, 2.75) is 0 Å². The van der Waals surface area contributed by atoms with Gasteiger partial charge in [-0.1, -0.05) is 17.7 Å². The molecule has 4 nitrogen and oxygen atoms in total. The topological polar surface area (TPSA) is 63.6 Å². The highest BCUT2D eigenvalue weighted by atomic mass is 35.5. The van der Waals surface area contributed by atoms with Gasteiger partial charge in [0.05, 0.1) is 11.1 Å². The number of hydrogen-bond donors (Lipinski definition) is 1. The molecular weight excluding hydrogens is 268 g/mol. The Morgan fingerprint density at radius 2 is 1.68 bits per heavy atom. The molecule has 2 rings (SSSR count). The fraction of sp³-hybridized carbons (Fsp3) is 0. The van der Waals surface area contributed by atoms with Gasteiger partial charge in [-0.15, -0.1) is 0 Å². The number of hydrogen-bond acceptors (Lipinski definition) is 3. The van der Waals surface area contributed by atoms with Crippen LogP contribution in [-0.4, -0.2) is 17.0 Å². The van der Waals surface area contributed by atoms with Crippen molar-refractivity contribution in [3.63, 3.8) is 0 Å². The molecule has 0 aromatic heterocycles. The van der Waals surface area contributed by atoms with Crippen LogP contribution in [0.1, 0.15) is 20.7 Å². The third-order valence-electron chi connectivity index (χ3n) is 2.37. The number of carboxylic acid groups (broad SMARTS) is 1. The van der Waals surface area contributed by atoms with Crippen molar-refractivity contribution in [1.29, 1.82) is 0 Å². The fourth-order valence-corrected chi connectivity index (χ4v) is 1.64. The van der Waals surface area contributed by atoms with E-state index in [9.17, 15) is 9.59 Å². The maximum absolute atomic E-state index is 11.8. The zero-order valence-corrected chi connectivity index (χ0v) is 10.4. The Balaban J connectivity index is 2.13. The summed E-state index contributed by atoms with van der Waals surface area (Å²) in [6.45, 7) is 0. The lowest BCUT2D eigenvalue weighted by Gasteiger charge is -2.04. The summed E-state index contributed by atoms with van der Waals surface area (Å²) in [5.74, 6) is -1.31. The van der Waals surface area contributed by atoms with Crippen LogP contribution in [0.4, 0.5) is 0 Å². The molecule has 2 aromatic carbocycles. The van der Waals surface area contributed by atoms with Crippen LogP contribution in [0.5, 0.6) is 5.75 Å². The molecule has 0 bridgehead atoms. The summed E-state index contributed by atoms with van der Waals surface area (Å²) in [4.78, 5) is 22.5. The van der Waals surface area contributed by atoms with Gasteiger partial charge in [0.15, 0.2) is 0 Å². The minimum Gasteiger partial charge on any atom is -0.478 e. The van der Waals surface area contributed by atoms with E-state index in [1.807, 2.05) is 0 Å². The number of halogens is 1. The molecule has 0 aliphatic rings. The number of esters is 1. The number of ether oxygens (including phenoxy) is 1. The highest BCUT2D eigenvalue weighted by Crippen LogP contribution is 2.16. The lowest BCUT2D eigenvalue weighted by atomic mass is 10.2. The lowest BCUT2D eigenvalue weighted by Crippen LogP contribution is -2.08. The molecule has 0 aliphatic heterocycles. The van der Waals surface area contributed by atoms with Crippen LogP contribution in [0.3, 0.4) is 0 Å². The van der Waals surface area contributed by atoms with Gasteiger partial charge in [0, 0.05) is 5.02 Å². The van der Waals surface area contributed by atoms with Crippen LogP contribution < -0.4 is 4.74 Å². The zero-order chi connectivity index (χ0) is 13.8.